The fourth-order valence-electron chi connectivity index (χ4n) is 7.16. The lowest BCUT2D eigenvalue weighted by atomic mass is 9.61. The third-order valence-corrected chi connectivity index (χ3v) is 21.8. The van der Waals surface area contributed by atoms with Crippen LogP contribution in [0.2, 0.25) is 36.3 Å². The Hall–Kier alpha value is -1.23. The van der Waals surface area contributed by atoms with Crippen molar-refractivity contribution in [3.8, 4) is 0 Å². The van der Waals surface area contributed by atoms with Crippen LogP contribution in [0.3, 0.4) is 0 Å². The number of hydrogen-bond acceptors (Lipinski definition) is 6. The summed E-state index contributed by atoms with van der Waals surface area (Å²) in [5.41, 5.74) is 0.697. The summed E-state index contributed by atoms with van der Waals surface area (Å²) in [5.74, 6) is 0.526. The van der Waals surface area contributed by atoms with E-state index in [9.17, 15) is 9.59 Å². The van der Waals surface area contributed by atoms with Crippen molar-refractivity contribution >= 4 is 28.6 Å². The number of esters is 2. The summed E-state index contributed by atoms with van der Waals surface area (Å²) in [5, 5.41) is 0.153. The second-order valence-corrected chi connectivity index (χ2v) is 28.3. The van der Waals surface area contributed by atoms with Gasteiger partial charge in [-0.1, -0.05) is 80.5 Å². The van der Waals surface area contributed by atoms with Gasteiger partial charge in [-0.25, -0.2) is 0 Å². The van der Waals surface area contributed by atoms with E-state index >= 15 is 0 Å². The van der Waals surface area contributed by atoms with Gasteiger partial charge in [0.2, 0.25) is 0 Å². The molecule has 0 amide bonds. The molecule has 3 rings (SSSR count). The van der Waals surface area contributed by atoms with Gasteiger partial charge in [0.1, 0.15) is 12.2 Å². The van der Waals surface area contributed by atoms with Gasteiger partial charge in [-0.05, 0) is 99.6 Å². The van der Waals surface area contributed by atoms with E-state index in [1.54, 1.807) is 0 Å². The normalized spacial score (nSPS) is 31.5. The van der Waals surface area contributed by atoms with Gasteiger partial charge in [-0.2, -0.15) is 0 Å². The van der Waals surface area contributed by atoms with Crippen molar-refractivity contribution in [3.63, 3.8) is 0 Å². The number of fused-ring (bicyclic) bond motifs is 1. The molecule has 1 fully saturated rings. The van der Waals surface area contributed by atoms with Crippen molar-refractivity contribution in [1.29, 1.82) is 0 Å². The van der Waals surface area contributed by atoms with Crippen molar-refractivity contribution < 1.29 is 27.9 Å². The summed E-state index contributed by atoms with van der Waals surface area (Å²) in [6.45, 7) is 35.4. The molecule has 0 saturated carbocycles. The van der Waals surface area contributed by atoms with E-state index in [0.29, 0.717) is 18.8 Å². The molecule has 6 nitrogen and oxygen atoms in total. The van der Waals surface area contributed by atoms with Crippen molar-refractivity contribution in [2.24, 2.45) is 35.0 Å². The van der Waals surface area contributed by atoms with Crippen LogP contribution in [0.25, 0.3) is 0 Å². The number of hydrogen-bond donors (Lipinski definition) is 0. The lowest BCUT2D eigenvalue weighted by Gasteiger charge is -2.50. The van der Waals surface area contributed by atoms with Crippen molar-refractivity contribution in [2.45, 2.75) is 176 Å². The summed E-state index contributed by atoms with van der Waals surface area (Å²) in [6, 6.07) is 0. The van der Waals surface area contributed by atoms with Crippen LogP contribution in [0.4, 0.5) is 0 Å². The summed E-state index contributed by atoms with van der Waals surface area (Å²) in [4.78, 5) is 26.7. The van der Waals surface area contributed by atoms with Gasteiger partial charge >= 0.3 is 11.9 Å². The summed E-state index contributed by atoms with van der Waals surface area (Å²) in [7, 11) is -4.10. The quantitative estimate of drug-likeness (QED) is 0.159. The zero-order valence-electron chi connectivity index (χ0n) is 32.9. The lowest BCUT2D eigenvalue weighted by Crippen LogP contribution is -2.54. The van der Waals surface area contributed by atoms with Gasteiger partial charge in [0.15, 0.2) is 16.6 Å². The molecule has 270 valence electrons. The molecule has 0 aromatic rings. The summed E-state index contributed by atoms with van der Waals surface area (Å²) >= 11 is 0. The lowest BCUT2D eigenvalue weighted by molar-refractivity contribution is -0.173. The zero-order valence-corrected chi connectivity index (χ0v) is 34.9. The first-order valence-corrected chi connectivity index (χ1v) is 24.3. The van der Waals surface area contributed by atoms with Gasteiger partial charge in [-0.3, -0.25) is 9.59 Å². The fraction of sp³-hybridized carbons (Fsp3) is 0.846. The molecule has 1 aliphatic heterocycles. The number of rotatable bonds is 11. The van der Waals surface area contributed by atoms with Crippen LogP contribution >= 0.6 is 0 Å². The summed E-state index contributed by atoms with van der Waals surface area (Å²) in [6.07, 6.45) is 9.80. The van der Waals surface area contributed by atoms with Crippen LogP contribution < -0.4 is 0 Å². The zero-order chi connectivity index (χ0) is 35.9. The van der Waals surface area contributed by atoms with Crippen LogP contribution in [0.5, 0.6) is 0 Å². The van der Waals surface area contributed by atoms with E-state index in [1.807, 2.05) is 13.8 Å². The first-order valence-electron chi connectivity index (χ1n) is 18.5. The Morgan fingerprint density at radius 3 is 2.11 bits per heavy atom. The van der Waals surface area contributed by atoms with E-state index in [4.69, 9.17) is 18.3 Å². The third kappa shape index (κ3) is 9.32. The maximum atomic E-state index is 13.8. The molecule has 0 aromatic heterocycles. The second kappa shape index (κ2) is 14.6. The predicted octanol–water partition coefficient (Wildman–Crippen LogP) is 10.3. The van der Waals surface area contributed by atoms with Gasteiger partial charge in [0.25, 0.3) is 0 Å². The minimum atomic E-state index is -2.08. The maximum absolute atomic E-state index is 13.8. The molecule has 2 aliphatic carbocycles. The molecular weight excluding hydrogens is 621 g/mol. The van der Waals surface area contributed by atoms with E-state index in [0.717, 1.165) is 19.3 Å². The molecule has 0 spiro atoms. The Balaban J connectivity index is 1.93. The number of ether oxygens (including phenoxy) is 2. The highest BCUT2D eigenvalue weighted by atomic mass is 28.4. The minimum absolute atomic E-state index is 0.0329. The first-order chi connectivity index (χ1) is 21.3. The van der Waals surface area contributed by atoms with E-state index in [2.05, 4.69) is 114 Å². The Morgan fingerprint density at radius 1 is 0.957 bits per heavy atom. The molecule has 0 radical (unpaired) electrons. The molecule has 9 atom stereocenters. The average molecular weight is 691 g/mol. The van der Waals surface area contributed by atoms with Crippen molar-refractivity contribution in [1.82, 2.24) is 0 Å². The summed E-state index contributed by atoms with van der Waals surface area (Å²) < 4.78 is 26.5. The minimum Gasteiger partial charge on any atom is -0.462 e. The van der Waals surface area contributed by atoms with Crippen LogP contribution in [0.15, 0.2) is 23.8 Å². The molecule has 0 unspecified atom stereocenters. The average Bonchev–Trinajstić information content (AvgIpc) is 2.90. The number of carbonyl (C=O) groups excluding carboxylic acids is 2. The van der Waals surface area contributed by atoms with Gasteiger partial charge < -0.3 is 18.3 Å². The van der Waals surface area contributed by atoms with Crippen molar-refractivity contribution in [2.75, 3.05) is 0 Å². The van der Waals surface area contributed by atoms with Crippen LogP contribution in [0, 0.1) is 35.0 Å². The maximum Gasteiger partial charge on any atom is 0.311 e. The Labute approximate surface area is 290 Å². The highest BCUT2D eigenvalue weighted by molar-refractivity contribution is 6.74. The predicted molar refractivity (Wildman–Crippen MR) is 198 cm³/mol. The molecule has 47 heavy (non-hydrogen) atoms. The van der Waals surface area contributed by atoms with Crippen molar-refractivity contribution in [3.05, 3.63) is 23.8 Å². The Bertz CT molecular complexity index is 1170. The smallest absolute Gasteiger partial charge is 0.311 e. The Kier molecular flexibility index (Phi) is 12.5. The fourth-order valence-corrected chi connectivity index (χ4v) is 9.97. The molecular formula is C39H70O6Si2. The Morgan fingerprint density at radius 2 is 1.55 bits per heavy atom. The highest BCUT2D eigenvalue weighted by Crippen LogP contribution is 2.50. The van der Waals surface area contributed by atoms with E-state index < -0.39 is 22.0 Å². The van der Waals surface area contributed by atoms with Gasteiger partial charge in [-0.15, -0.1) is 0 Å². The molecule has 1 saturated heterocycles. The van der Waals surface area contributed by atoms with Gasteiger partial charge in [0.05, 0.1) is 17.9 Å². The third-order valence-electron chi connectivity index (χ3n) is 12.7. The monoisotopic (exact) mass is 690 g/mol. The molecule has 0 bridgehead atoms. The number of carbonyl (C=O) groups is 2. The molecule has 8 heteroatoms. The number of cyclic esters (lactones) is 1. The van der Waals surface area contributed by atoms with Crippen LogP contribution in [-0.2, 0) is 27.9 Å². The number of allylic oxidation sites excluding steroid dienone is 3. The standard InChI is InChI=1S/C39H70O6Si2/c1-17-39(11,12)36(41)43-35-33(27(4)44-46(13,14)37(5,6)7)26(3)22-28-19-18-25(2)31(34(28)35)21-20-29-23-30(24-32(40)42-29)45-47(15,16)38(8,9)10/h18-19,22,25-27,29-31,33-35H,17,20-21,23-24H2,1-16H3/t25-,26-,27-,29+,30+,31-,33-,34-,35-/m0/s1. The molecule has 3 aliphatic rings. The molecule has 1 heterocycles. The SMILES string of the molecule is CCC(C)(C)C(=O)O[C@@H]1[C@H]2C(=C[C@H](C)[C@H]1[C@H](C)O[Si](C)(C)C(C)(C)C)C=C[C@H](C)[C@@H]2CC[C@@H]1C[C@@H](O[Si](C)(C)C(C)(C)C)CC(=O)O1. The molecule has 0 aromatic carbocycles. The van der Waals surface area contributed by atoms with Crippen LogP contribution in [-0.4, -0.2) is 53.0 Å². The van der Waals surface area contributed by atoms with Crippen LogP contribution in [0.1, 0.15) is 115 Å². The highest BCUT2D eigenvalue weighted by Gasteiger charge is 2.51. The first kappa shape index (κ1) is 40.2. The largest absolute Gasteiger partial charge is 0.462 e. The second-order valence-electron chi connectivity index (χ2n) is 18.8. The van der Waals surface area contributed by atoms with E-state index in [-0.39, 0.29) is 70.1 Å². The molecule has 0 N–H and O–H groups in total. The van der Waals surface area contributed by atoms with Gasteiger partial charge in [0, 0.05) is 24.4 Å². The topological polar surface area (TPSA) is 71.1 Å². The van der Waals surface area contributed by atoms with E-state index in [1.165, 1.54) is 5.57 Å².